The molecule has 0 bridgehead atoms. The molecular formula is C20H19ClN2O8. The van der Waals surface area contributed by atoms with Crippen molar-refractivity contribution >= 4 is 40.5 Å². The van der Waals surface area contributed by atoms with E-state index in [1.807, 2.05) is 0 Å². The molecule has 1 aromatic rings. The van der Waals surface area contributed by atoms with Gasteiger partial charge in [-0.1, -0.05) is 18.5 Å². The van der Waals surface area contributed by atoms with Crippen LogP contribution >= 0.6 is 11.6 Å². The first-order valence-corrected chi connectivity index (χ1v) is 9.69. The summed E-state index contributed by atoms with van der Waals surface area (Å²) >= 11 is 6.04. The molecule has 0 saturated heterocycles. The summed E-state index contributed by atoms with van der Waals surface area (Å²) in [5.41, 5.74) is 6.87. The zero-order valence-electron chi connectivity index (χ0n) is 16.1. The fourth-order valence-corrected chi connectivity index (χ4v) is 5.35. The van der Waals surface area contributed by atoms with Gasteiger partial charge in [0.05, 0.1) is 22.4 Å². The minimum atomic E-state index is -2.87. The quantitative estimate of drug-likeness (QED) is 0.177. The Morgan fingerprint density at radius 3 is 2.45 bits per heavy atom. The molecule has 1 aromatic carbocycles. The fourth-order valence-electron chi connectivity index (χ4n) is 5.14. The van der Waals surface area contributed by atoms with Crippen LogP contribution in [0.25, 0.3) is 5.76 Å². The topological polar surface area (TPSA) is 204 Å². The number of carbonyl (C=O) groups excluding carboxylic acids is 3. The third kappa shape index (κ3) is 2.43. The molecule has 0 heterocycles. The Balaban J connectivity index is 2.05. The number of primary amides is 1. The van der Waals surface area contributed by atoms with Gasteiger partial charge in [-0.3, -0.25) is 14.4 Å². The number of nitrogens with two attached hydrogens (primary N) is 2. The van der Waals surface area contributed by atoms with E-state index in [1.54, 1.807) is 6.92 Å². The van der Waals surface area contributed by atoms with E-state index in [0.717, 1.165) is 6.07 Å². The number of ketones is 2. The Labute approximate surface area is 180 Å². The number of benzene rings is 1. The van der Waals surface area contributed by atoms with Crippen LogP contribution in [-0.4, -0.2) is 54.7 Å². The Hall–Kier alpha value is -3.08. The summed E-state index contributed by atoms with van der Waals surface area (Å²) in [7, 11) is 0. The lowest BCUT2D eigenvalue weighted by Gasteiger charge is -2.50. The van der Waals surface area contributed by atoms with Crippen molar-refractivity contribution in [2.75, 3.05) is 5.73 Å². The van der Waals surface area contributed by atoms with Gasteiger partial charge in [-0.25, -0.2) is 0 Å². The molecule has 10 nitrogen and oxygen atoms in total. The maximum absolute atomic E-state index is 13.4. The molecule has 0 radical (unpaired) electrons. The van der Waals surface area contributed by atoms with E-state index < -0.39 is 81.8 Å². The minimum Gasteiger partial charge on any atom is -0.508 e. The van der Waals surface area contributed by atoms with Crippen LogP contribution in [0.4, 0.5) is 5.69 Å². The highest BCUT2D eigenvalue weighted by Crippen LogP contribution is 2.57. The molecule has 1 fully saturated rings. The van der Waals surface area contributed by atoms with Crippen LogP contribution in [0.3, 0.4) is 0 Å². The van der Waals surface area contributed by atoms with Crippen molar-refractivity contribution in [1.82, 2.24) is 0 Å². The average molecular weight is 451 g/mol. The molecule has 0 spiro atoms. The Morgan fingerprint density at radius 1 is 1.26 bits per heavy atom. The predicted octanol–water partition coefficient (Wildman–Crippen LogP) is 0.191. The van der Waals surface area contributed by atoms with E-state index >= 15 is 0 Å². The van der Waals surface area contributed by atoms with Crippen molar-refractivity contribution in [1.29, 1.82) is 0 Å². The van der Waals surface area contributed by atoms with E-state index in [2.05, 4.69) is 0 Å². The number of nitrogen functional groups attached to an aromatic ring is 1. The van der Waals surface area contributed by atoms with Crippen LogP contribution in [0.2, 0.25) is 5.02 Å². The first-order chi connectivity index (χ1) is 14.3. The molecule has 9 N–H and O–H groups in total. The van der Waals surface area contributed by atoms with Crippen molar-refractivity contribution in [3.05, 3.63) is 39.1 Å². The predicted molar refractivity (Wildman–Crippen MR) is 107 cm³/mol. The number of aliphatic hydroxyl groups is 4. The molecule has 3 aliphatic rings. The van der Waals surface area contributed by atoms with Crippen LogP contribution in [-0.2, 0) is 14.4 Å². The van der Waals surface area contributed by atoms with Crippen LogP contribution in [0, 0.1) is 11.8 Å². The molecule has 164 valence electrons. The van der Waals surface area contributed by atoms with Crippen LogP contribution in [0.15, 0.2) is 23.0 Å². The molecule has 1 saturated carbocycles. The second-order valence-corrected chi connectivity index (χ2v) is 8.47. The number of phenolic OH excluding ortho intramolecular Hbond substituents is 1. The number of aromatic hydroxyl groups is 1. The fraction of sp³-hybridized carbons (Fsp3) is 0.350. The highest BCUT2D eigenvalue weighted by Gasteiger charge is 2.65. The lowest BCUT2D eigenvalue weighted by Crippen LogP contribution is -2.63. The lowest BCUT2D eigenvalue weighted by atomic mass is 9.55. The van der Waals surface area contributed by atoms with Gasteiger partial charge >= 0.3 is 0 Å². The van der Waals surface area contributed by atoms with Gasteiger partial charge < -0.3 is 37.0 Å². The number of carbonyl (C=O) groups is 3. The summed E-state index contributed by atoms with van der Waals surface area (Å²) in [6, 6.07) is 1.07. The van der Waals surface area contributed by atoms with Crippen molar-refractivity contribution in [2.24, 2.45) is 17.6 Å². The Bertz CT molecular complexity index is 1160. The number of fused-ring (bicyclic) bond motifs is 3. The maximum atomic E-state index is 13.4. The van der Waals surface area contributed by atoms with Gasteiger partial charge in [0.25, 0.3) is 5.91 Å². The largest absolute Gasteiger partial charge is 0.508 e. The van der Waals surface area contributed by atoms with Gasteiger partial charge in [0, 0.05) is 29.9 Å². The zero-order chi connectivity index (χ0) is 23.2. The molecule has 1 amide bonds. The van der Waals surface area contributed by atoms with E-state index in [1.165, 1.54) is 0 Å². The summed E-state index contributed by atoms with van der Waals surface area (Å²) in [5.74, 6) is -9.49. The SMILES string of the molecule is CC1c2c(N)c(Cl)cc(O)c2C(O)=C2C(=O)[C@]3(O)C(O)=C(C(N)=O)C(=O)C[C@@H]3C(O)[C@@H]21. The van der Waals surface area contributed by atoms with E-state index in [0.29, 0.717) is 0 Å². The summed E-state index contributed by atoms with van der Waals surface area (Å²) < 4.78 is 0. The molecular weight excluding hydrogens is 432 g/mol. The van der Waals surface area contributed by atoms with E-state index in [9.17, 15) is 39.9 Å². The van der Waals surface area contributed by atoms with Crippen molar-refractivity contribution in [3.8, 4) is 5.75 Å². The number of Topliss-reactive ketones (excluding diaryl/α,β-unsaturated/α-hetero) is 2. The third-order valence-electron chi connectivity index (χ3n) is 6.59. The third-order valence-corrected chi connectivity index (χ3v) is 6.90. The number of halogens is 1. The number of phenols is 1. The summed E-state index contributed by atoms with van der Waals surface area (Å²) in [6.45, 7) is 1.57. The molecule has 3 aliphatic carbocycles. The van der Waals surface area contributed by atoms with Gasteiger partial charge in [0.1, 0.15) is 22.8 Å². The van der Waals surface area contributed by atoms with Crippen molar-refractivity contribution in [3.63, 3.8) is 0 Å². The molecule has 11 heteroatoms. The summed E-state index contributed by atoms with van der Waals surface area (Å²) in [4.78, 5) is 37.4. The Morgan fingerprint density at radius 2 is 1.87 bits per heavy atom. The molecule has 0 aromatic heterocycles. The van der Waals surface area contributed by atoms with Crippen LogP contribution in [0.5, 0.6) is 5.75 Å². The first-order valence-electron chi connectivity index (χ1n) is 9.31. The number of hydrogen-bond donors (Lipinski definition) is 7. The second-order valence-electron chi connectivity index (χ2n) is 8.06. The van der Waals surface area contributed by atoms with Crippen molar-refractivity contribution in [2.45, 2.75) is 31.0 Å². The van der Waals surface area contributed by atoms with Crippen LogP contribution < -0.4 is 11.5 Å². The second kappa shape index (κ2) is 6.46. The standard InChI is InChI=1S/C20H19ClN2O8/c1-4-9-11(8(25)3-6(21)14(9)22)16(27)13-10(4)15(26)5-2-7(24)12(19(23)30)17(28)20(5,31)18(13)29/h3-5,10,15,25-28,31H,2,22H2,1H3,(H2,23,30)/t4?,5-,10-,15?,20-/m1/s1. The molecule has 5 atom stereocenters. The molecule has 2 unspecified atom stereocenters. The molecule has 31 heavy (non-hydrogen) atoms. The number of hydrogen-bond acceptors (Lipinski definition) is 9. The van der Waals surface area contributed by atoms with Gasteiger partial charge in [0.2, 0.25) is 5.78 Å². The van der Waals surface area contributed by atoms with Crippen molar-refractivity contribution < 1.29 is 39.9 Å². The Kier molecular flexibility index (Phi) is 4.41. The summed E-state index contributed by atoms with van der Waals surface area (Å²) in [6.07, 6.45) is -2.27. The number of anilines is 1. The monoisotopic (exact) mass is 450 g/mol. The lowest BCUT2D eigenvalue weighted by molar-refractivity contribution is -0.160. The summed E-state index contributed by atoms with van der Waals surface area (Å²) in [5, 5.41) is 54.0. The van der Waals surface area contributed by atoms with Gasteiger partial charge in [-0.05, 0) is 11.5 Å². The number of aliphatic hydroxyl groups excluding tert-OH is 3. The highest BCUT2D eigenvalue weighted by atomic mass is 35.5. The zero-order valence-corrected chi connectivity index (χ0v) is 16.8. The van der Waals surface area contributed by atoms with Gasteiger partial charge in [-0.15, -0.1) is 0 Å². The van der Waals surface area contributed by atoms with E-state index in [-0.39, 0.29) is 21.8 Å². The van der Waals surface area contributed by atoms with E-state index in [4.69, 9.17) is 23.1 Å². The average Bonchev–Trinajstić information content (AvgIpc) is 2.67. The normalized spacial score (nSPS) is 32.5. The van der Waals surface area contributed by atoms with Gasteiger partial charge in [-0.2, -0.15) is 0 Å². The smallest absolute Gasteiger partial charge is 0.255 e. The number of rotatable bonds is 1. The number of amides is 1. The molecule has 4 rings (SSSR count). The van der Waals surface area contributed by atoms with Crippen LogP contribution in [0.1, 0.15) is 30.4 Å². The van der Waals surface area contributed by atoms with Gasteiger partial charge in [0.15, 0.2) is 11.4 Å². The first kappa shape index (κ1) is 21.2. The minimum absolute atomic E-state index is 0.00740. The highest BCUT2D eigenvalue weighted by molar-refractivity contribution is 6.33. The maximum Gasteiger partial charge on any atom is 0.255 e. The molecule has 0 aliphatic heterocycles.